The molecular formula is C48H32N4. The summed E-state index contributed by atoms with van der Waals surface area (Å²) >= 11 is 0. The second-order valence-electron chi connectivity index (χ2n) is 13.1. The van der Waals surface area contributed by atoms with Gasteiger partial charge in [-0.25, -0.2) is 9.97 Å². The molecule has 0 saturated carbocycles. The molecule has 10 rings (SSSR count). The Hall–Kier alpha value is -7.04. The van der Waals surface area contributed by atoms with Gasteiger partial charge in [0.05, 0.1) is 22.2 Å². The molecule has 0 spiro atoms. The first-order valence-corrected chi connectivity index (χ1v) is 17.6. The van der Waals surface area contributed by atoms with Gasteiger partial charge < -0.3 is 4.90 Å². The van der Waals surface area contributed by atoms with Crippen LogP contribution in [0.15, 0.2) is 194 Å². The van der Waals surface area contributed by atoms with E-state index in [0.717, 1.165) is 72.7 Å². The number of hydrogen-bond donors (Lipinski definition) is 0. The lowest BCUT2D eigenvalue weighted by Gasteiger charge is -2.26. The molecule has 10 aromatic rings. The molecule has 0 radical (unpaired) electrons. The van der Waals surface area contributed by atoms with Gasteiger partial charge in [-0.1, -0.05) is 127 Å². The smallest absolute Gasteiger partial charge is 0.145 e. The van der Waals surface area contributed by atoms with Crippen molar-refractivity contribution >= 4 is 60.5 Å². The van der Waals surface area contributed by atoms with Gasteiger partial charge in [0.15, 0.2) is 0 Å². The van der Waals surface area contributed by atoms with E-state index in [2.05, 4.69) is 191 Å². The van der Waals surface area contributed by atoms with E-state index in [4.69, 9.17) is 9.97 Å². The Bertz CT molecular complexity index is 2860. The number of imidazole rings is 1. The third kappa shape index (κ3) is 5.00. The fraction of sp³-hybridized carbons (Fsp3) is 0. The van der Waals surface area contributed by atoms with Crippen molar-refractivity contribution in [2.45, 2.75) is 0 Å². The molecule has 0 atom stereocenters. The van der Waals surface area contributed by atoms with Crippen molar-refractivity contribution in [3.63, 3.8) is 0 Å². The van der Waals surface area contributed by atoms with Crippen molar-refractivity contribution < 1.29 is 0 Å². The Labute approximate surface area is 301 Å². The zero-order valence-corrected chi connectivity index (χ0v) is 28.3. The van der Waals surface area contributed by atoms with Crippen LogP contribution >= 0.6 is 0 Å². The molecule has 2 heterocycles. The molecule has 0 bridgehead atoms. The van der Waals surface area contributed by atoms with E-state index in [1.54, 1.807) is 0 Å². The van der Waals surface area contributed by atoms with E-state index in [1.807, 2.05) is 12.1 Å². The maximum atomic E-state index is 5.52. The van der Waals surface area contributed by atoms with Crippen molar-refractivity contribution in [2.24, 2.45) is 0 Å². The van der Waals surface area contributed by atoms with E-state index < -0.39 is 0 Å². The van der Waals surface area contributed by atoms with Crippen LogP contribution in [0, 0.1) is 0 Å². The Morgan fingerprint density at radius 2 is 1.06 bits per heavy atom. The molecule has 52 heavy (non-hydrogen) atoms. The predicted molar refractivity (Wildman–Crippen MR) is 217 cm³/mol. The summed E-state index contributed by atoms with van der Waals surface area (Å²) in [6.45, 7) is 0. The molecule has 4 nitrogen and oxygen atoms in total. The molecule has 0 aliphatic rings. The molecule has 0 aliphatic heterocycles. The lowest BCUT2D eigenvalue weighted by Crippen LogP contribution is -2.09. The molecule has 0 saturated heterocycles. The van der Waals surface area contributed by atoms with Crippen molar-refractivity contribution in [3.8, 4) is 28.3 Å². The minimum atomic E-state index is 0.897. The van der Waals surface area contributed by atoms with Crippen LogP contribution in [0.25, 0.3) is 71.8 Å². The minimum Gasteiger partial charge on any atom is -0.310 e. The van der Waals surface area contributed by atoms with Gasteiger partial charge >= 0.3 is 0 Å². The molecule has 4 heteroatoms. The summed E-state index contributed by atoms with van der Waals surface area (Å²) in [5, 5.41) is 5.88. The van der Waals surface area contributed by atoms with Gasteiger partial charge in [0.25, 0.3) is 0 Å². The third-order valence-corrected chi connectivity index (χ3v) is 9.92. The van der Waals surface area contributed by atoms with E-state index in [0.29, 0.717) is 0 Å². The summed E-state index contributed by atoms with van der Waals surface area (Å²) in [7, 11) is 0. The van der Waals surface area contributed by atoms with Crippen LogP contribution in [-0.4, -0.2) is 14.5 Å². The standard InChI is InChI=1S/C48H32N4/c1-4-18-36(19-5-1)51(37-20-6-2-7-21-37)39-28-30-41-44(32-39)49-47(42-29-27-33-15-10-11-24-40(33)46(41)42)34-16-14-17-35(31-34)48-50-43-25-12-13-26-45(43)52(48)38-22-8-3-9-23-38/h1-32H. The van der Waals surface area contributed by atoms with Gasteiger partial charge in [0.1, 0.15) is 5.82 Å². The second-order valence-corrected chi connectivity index (χ2v) is 13.1. The van der Waals surface area contributed by atoms with Gasteiger partial charge in [-0.3, -0.25) is 4.57 Å². The summed E-state index contributed by atoms with van der Waals surface area (Å²) in [4.78, 5) is 13.0. The maximum Gasteiger partial charge on any atom is 0.145 e. The first kappa shape index (κ1) is 29.8. The Balaban J connectivity index is 1.22. The van der Waals surface area contributed by atoms with Crippen molar-refractivity contribution in [3.05, 3.63) is 194 Å². The molecule has 0 N–H and O–H groups in total. The quantitative estimate of drug-likeness (QED) is 0.166. The third-order valence-electron chi connectivity index (χ3n) is 9.92. The number of nitrogens with zero attached hydrogens (tertiary/aromatic N) is 4. The molecular weight excluding hydrogens is 633 g/mol. The van der Waals surface area contributed by atoms with E-state index in [1.165, 1.54) is 16.2 Å². The molecule has 0 aliphatic carbocycles. The largest absolute Gasteiger partial charge is 0.310 e. The summed E-state index contributed by atoms with van der Waals surface area (Å²) in [6, 6.07) is 68.4. The fourth-order valence-electron chi connectivity index (χ4n) is 7.59. The highest BCUT2D eigenvalue weighted by molar-refractivity contribution is 6.22. The maximum absolute atomic E-state index is 5.52. The summed E-state index contributed by atoms with van der Waals surface area (Å²) in [6.07, 6.45) is 0. The Morgan fingerprint density at radius 1 is 0.404 bits per heavy atom. The van der Waals surface area contributed by atoms with E-state index in [-0.39, 0.29) is 0 Å². The van der Waals surface area contributed by atoms with Crippen molar-refractivity contribution in [1.82, 2.24) is 14.5 Å². The number of pyridine rings is 1. The van der Waals surface area contributed by atoms with Gasteiger partial charge in [-0.15, -0.1) is 0 Å². The Kier molecular flexibility index (Phi) is 7.10. The Morgan fingerprint density at radius 3 is 1.85 bits per heavy atom. The lowest BCUT2D eigenvalue weighted by atomic mass is 9.94. The zero-order chi connectivity index (χ0) is 34.4. The van der Waals surface area contributed by atoms with Crippen LogP contribution < -0.4 is 4.90 Å². The van der Waals surface area contributed by atoms with E-state index in [9.17, 15) is 0 Å². The number of hydrogen-bond acceptors (Lipinski definition) is 3. The topological polar surface area (TPSA) is 34.0 Å². The average Bonchev–Trinajstić information content (AvgIpc) is 3.61. The van der Waals surface area contributed by atoms with Crippen LogP contribution in [0.3, 0.4) is 0 Å². The van der Waals surface area contributed by atoms with Crippen molar-refractivity contribution in [2.75, 3.05) is 4.90 Å². The summed E-state index contributed by atoms with van der Waals surface area (Å²) in [5.74, 6) is 0.897. The second kappa shape index (κ2) is 12.4. The van der Waals surface area contributed by atoms with Gasteiger partial charge in [0.2, 0.25) is 0 Å². The van der Waals surface area contributed by atoms with Gasteiger partial charge in [-0.05, 0) is 77.5 Å². The van der Waals surface area contributed by atoms with Crippen LogP contribution in [0.5, 0.6) is 0 Å². The highest BCUT2D eigenvalue weighted by Crippen LogP contribution is 2.41. The summed E-state index contributed by atoms with van der Waals surface area (Å²) in [5.41, 5.74) is 10.3. The van der Waals surface area contributed by atoms with Crippen LogP contribution in [0.4, 0.5) is 17.1 Å². The number of para-hydroxylation sites is 5. The molecule has 2 aromatic heterocycles. The molecule has 244 valence electrons. The fourth-order valence-corrected chi connectivity index (χ4v) is 7.59. The number of aromatic nitrogens is 3. The molecule has 0 amide bonds. The summed E-state index contributed by atoms with van der Waals surface area (Å²) < 4.78 is 2.25. The molecule has 0 fully saturated rings. The van der Waals surface area contributed by atoms with Gasteiger partial charge in [-0.2, -0.15) is 0 Å². The van der Waals surface area contributed by atoms with Gasteiger partial charge in [0, 0.05) is 50.0 Å². The zero-order valence-electron chi connectivity index (χ0n) is 28.3. The normalized spacial score (nSPS) is 11.5. The number of rotatable bonds is 6. The van der Waals surface area contributed by atoms with Crippen LogP contribution in [-0.2, 0) is 0 Å². The SMILES string of the molecule is c1ccc(N(c2ccccc2)c2ccc3c(c2)nc(-c2cccc(-c4nc5ccccc5n4-c4ccccc4)c2)c2ccc4ccccc4c23)cc1. The highest BCUT2D eigenvalue weighted by atomic mass is 15.1. The molecule has 8 aromatic carbocycles. The highest BCUT2D eigenvalue weighted by Gasteiger charge is 2.19. The molecule has 0 unspecified atom stereocenters. The monoisotopic (exact) mass is 664 g/mol. The average molecular weight is 665 g/mol. The first-order chi connectivity index (χ1) is 25.8. The predicted octanol–water partition coefficient (Wildman–Crippen LogP) is 12.7. The van der Waals surface area contributed by atoms with Crippen LogP contribution in [0.1, 0.15) is 0 Å². The first-order valence-electron chi connectivity index (χ1n) is 17.6. The van der Waals surface area contributed by atoms with Crippen molar-refractivity contribution in [1.29, 1.82) is 0 Å². The number of fused-ring (bicyclic) bond motifs is 6. The number of anilines is 3. The van der Waals surface area contributed by atoms with E-state index >= 15 is 0 Å². The lowest BCUT2D eigenvalue weighted by molar-refractivity contribution is 1.10. The number of benzene rings is 8. The van der Waals surface area contributed by atoms with Crippen LogP contribution in [0.2, 0.25) is 0 Å². The minimum absolute atomic E-state index is 0.897.